The molecule has 1 aliphatic rings. The van der Waals surface area contributed by atoms with Crippen molar-refractivity contribution in [3.63, 3.8) is 0 Å². The van der Waals surface area contributed by atoms with E-state index in [9.17, 15) is 13.2 Å². The molecule has 0 aliphatic carbocycles. The number of carbonyl (C=O) groups is 1. The quantitative estimate of drug-likeness (QED) is 0.516. The second kappa shape index (κ2) is 8.45. The van der Waals surface area contributed by atoms with Crippen molar-refractivity contribution >= 4 is 27.1 Å². The van der Waals surface area contributed by atoms with Gasteiger partial charge in [-0.25, -0.2) is 8.42 Å². The Balaban J connectivity index is 1.87. The van der Waals surface area contributed by atoms with Crippen molar-refractivity contribution < 1.29 is 22.7 Å². The van der Waals surface area contributed by atoms with Crippen LogP contribution in [0.4, 0.5) is 0 Å². The minimum absolute atomic E-state index is 0.116. The van der Waals surface area contributed by atoms with E-state index in [0.717, 1.165) is 16.0 Å². The molecule has 4 rings (SSSR count). The van der Waals surface area contributed by atoms with Crippen LogP contribution in [0.25, 0.3) is 0 Å². The van der Waals surface area contributed by atoms with E-state index in [2.05, 4.69) is 0 Å². The lowest BCUT2D eigenvalue weighted by molar-refractivity contribution is 0.101. The molecule has 2 heterocycles. The fourth-order valence-electron chi connectivity index (χ4n) is 3.93. The van der Waals surface area contributed by atoms with Crippen molar-refractivity contribution in [2.75, 3.05) is 20.8 Å². The number of Topliss-reactive ketones (excluding diaryl/α,β-unsaturated/α-hetero) is 1. The molecule has 0 unspecified atom stereocenters. The smallest absolute Gasteiger partial charge is 0.244 e. The Morgan fingerprint density at radius 3 is 2.45 bits per heavy atom. The van der Waals surface area contributed by atoms with E-state index in [4.69, 9.17) is 9.47 Å². The van der Waals surface area contributed by atoms with E-state index < -0.39 is 16.1 Å². The predicted octanol–water partition coefficient (Wildman–Crippen LogP) is 4.30. The van der Waals surface area contributed by atoms with Crippen LogP contribution < -0.4 is 9.47 Å². The number of fused-ring (bicyclic) bond motifs is 1. The molecule has 0 radical (unpaired) electrons. The summed E-state index contributed by atoms with van der Waals surface area (Å²) >= 11 is 1.51. The van der Waals surface area contributed by atoms with Gasteiger partial charge in [0.05, 0.1) is 25.2 Å². The molecule has 0 fully saturated rings. The van der Waals surface area contributed by atoms with Crippen LogP contribution in [0.1, 0.15) is 39.3 Å². The number of ketones is 1. The van der Waals surface area contributed by atoms with E-state index in [1.807, 2.05) is 29.6 Å². The first kappa shape index (κ1) is 21.5. The van der Waals surface area contributed by atoms with Crippen LogP contribution in [0, 0.1) is 0 Å². The lowest BCUT2D eigenvalue weighted by atomic mass is 9.92. The summed E-state index contributed by atoms with van der Waals surface area (Å²) in [6, 6.07) is 13.4. The zero-order valence-corrected chi connectivity index (χ0v) is 19.1. The molecule has 1 aliphatic heterocycles. The first-order valence-electron chi connectivity index (χ1n) is 9.78. The van der Waals surface area contributed by atoms with Crippen molar-refractivity contribution in [3.8, 4) is 11.5 Å². The number of methoxy groups -OCH3 is 2. The maximum absolute atomic E-state index is 13.7. The fourth-order valence-corrected chi connectivity index (χ4v) is 6.49. The second-order valence-electron chi connectivity index (χ2n) is 7.27. The van der Waals surface area contributed by atoms with Gasteiger partial charge in [-0.1, -0.05) is 18.2 Å². The summed E-state index contributed by atoms with van der Waals surface area (Å²) in [5, 5.41) is 1.94. The summed E-state index contributed by atoms with van der Waals surface area (Å²) in [6.45, 7) is 1.74. The van der Waals surface area contributed by atoms with E-state index in [-0.39, 0.29) is 10.7 Å². The van der Waals surface area contributed by atoms with E-state index in [1.165, 1.54) is 34.7 Å². The van der Waals surface area contributed by atoms with Crippen LogP contribution >= 0.6 is 11.3 Å². The zero-order chi connectivity index (χ0) is 22.2. The first-order chi connectivity index (χ1) is 14.9. The van der Waals surface area contributed by atoms with Crippen LogP contribution in [0.3, 0.4) is 0 Å². The third-order valence-corrected chi connectivity index (χ3v) is 8.27. The minimum atomic E-state index is -3.86. The summed E-state index contributed by atoms with van der Waals surface area (Å²) in [5.41, 5.74) is 2.27. The maximum atomic E-state index is 13.7. The van der Waals surface area contributed by atoms with E-state index in [1.54, 1.807) is 26.4 Å². The van der Waals surface area contributed by atoms with Crippen molar-refractivity contribution in [2.24, 2.45) is 0 Å². The lowest BCUT2D eigenvalue weighted by Crippen LogP contribution is -2.40. The minimum Gasteiger partial charge on any atom is -0.493 e. The van der Waals surface area contributed by atoms with Crippen LogP contribution in [-0.2, 0) is 16.4 Å². The fraction of sp³-hybridized carbons (Fsp3) is 0.261. The molecular weight excluding hydrogens is 434 g/mol. The highest BCUT2D eigenvalue weighted by Gasteiger charge is 2.38. The van der Waals surface area contributed by atoms with Gasteiger partial charge in [-0.15, -0.1) is 11.3 Å². The average Bonchev–Trinajstić information content (AvgIpc) is 3.31. The molecule has 0 N–H and O–H groups in total. The molecule has 0 amide bonds. The number of ether oxygens (including phenoxy) is 2. The maximum Gasteiger partial charge on any atom is 0.244 e. The molecule has 162 valence electrons. The van der Waals surface area contributed by atoms with Crippen molar-refractivity contribution in [1.29, 1.82) is 0 Å². The Hall–Kier alpha value is -2.68. The topological polar surface area (TPSA) is 72.9 Å². The Morgan fingerprint density at radius 1 is 1.06 bits per heavy atom. The predicted molar refractivity (Wildman–Crippen MR) is 120 cm³/mol. The summed E-state index contributed by atoms with van der Waals surface area (Å²) in [5.74, 6) is 1.00. The van der Waals surface area contributed by atoms with Gasteiger partial charge in [0.1, 0.15) is 0 Å². The normalized spacial score (nSPS) is 16.5. The van der Waals surface area contributed by atoms with Crippen LogP contribution in [-0.4, -0.2) is 39.3 Å². The highest BCUT2D eigenvalue weighted by Crippen LogP contribution is 2.44. The van der Waals surface area contributed by atoms with Crippen molar-refractivity contribution in [1.82, 2.24) is 4.31 Å². The van der Waals surface area contributed by atoms with Gasteiger partial charge in [-0.05, 0) is 60.2 Å². The monoisotopic (exact) mass is 457 g/mol. The van der Waals surface area contributed by atoms with E-state index >= 15 is 0 Å². The Labute approximate surface area is 186 Å². The summed E-state index contributed by atoms with van der Waals surface area (Å²) < 4.78 is 39.9. The number of sulfonamides is 1. The molecule has 8 heteroatoms. The Bertz CT molecular complexity index is 1220. The molecule has 0 spiro atoms. The number of rotatable bonds is 6. The SMILES string of the molecule is COc1cc2c(cc1OC)[C@H](c1cccs1)N(S(=O)(=O)c1cccc(C(C)=O)c1)CC2. The van der Waals surface area contributed by atoms with Crippen LogP contribution in [0.2, 0.25) is 0 Å². The third-order valence-electron chi connectivity index (χ3n) is 5.49. The Kier molecular flexibility index (Phi) is 5.88. The zero-order valence-electron chi connectivity index (χ0n) is 17.5. The lowest BCUT2D eigenvalue weighted by Gasteiger charge is -2.36. The summed E-state index contributed by atoms with van der Waals surface area (Å²) in [7, 11) is -0.705. The van der Waals surface area contributed by atoms with Gasteiger partial charge in [0.15, 0.2) is 17.3 Å². The van der Waals surface area contributed by atoms with Gasteiger partial charge in [0.25, 0.3) is 0 Å². The number of carbonyl (C=O) groups excluding carboxylic acids is 1. The van der Waals surface area contributed by atoms with Gasteiger partial charge < -0.3 is 9.47 Å². The van der Waals surface area contributed by atoms with Gasteiger partial charge >= 0.3 is 0 Å². The van der Waals surface area contributed by atoms with Gasteiger partial charge in [0.2, 0.25) is 10.0 Å². The number of thiophene rings is 1. The van der Waals surface area contributed by atoms with Gasteiger partial charge in [-0.3, -0.25) is 4.79 Å². The molecule has 3 aromatic rings. The largest absolute Gasteiger partial charge is 0.493 e. The molecule has 1 atom stereocenters. The second-order valence-corrected chi connectivity index (χ2v) is 10.1. The molecule has 0 bridgehead atoms. The van der Waals surface area contributed by atoms with Crippen LogP contribution in [0.5, 0.6) is 11.5 Å². The van der Waals surface area contributed by atoms with E-state index in [0.29, 0.717) is 30.0 Å². The number of hydrogen-bond acceptors (Lipinski definition) is 6. The molecule has 2 aromatic carbocycles. The first-order valence-corrected chi connectivity index (χ1v) is 12.1. The number of nitrogens with zero attached hydrogens (tertiary/aromatic N) is 1. The number of benzene rings is 2. The molecule has 0 saturated heterocycles. The number of hydrogen-bond donors (Lipinski definition) is 0. The van der Waals surface area contributed by atoms with Crippen molar-refractivity contribution in [3.05, 3.63) is 75.5 Å². The average molecular weight is 458 g/mol. The molecule has 31 heavy (non-hydrogen) atoms. The molecule has 6 nitrogen and oxygen atoms in total. The van der Waals surface area contributed by atoms with Gasteiger partial charge in [0, 0.05) is 17.0 Å². The highest BCUT2D eigenvalue weighted by molar-refractivity contribution is 7.89. The molecule has 1 aromatic heterocycles. The standard InChI is InChI=1S/C23H23NO5S2/c1-15(25)16-6-4-7-18(12-16)31(26,27)24-10-9-17-13-20(28-2)21(29-3)14-19(17)23(24)22-8-5-11-30-22/h4-8,11-14,23H,9-10H2,1-3H3/t23-/m1/s1. The van der Waals surface area contributed by atoms with Crippen molar-refractivity contribution in [2.45, 2.75) is 24.3 Å². The Morgan fingerprint density at radius 2 is 1.81 bits per heavy atom. The molecular formula is C23H23NO5S2. The van der Waals surface area contributed by atoms with Crippen LogP contribution in [0.15, 0.2) is 58.8 Å². The summed E-state index contributed by atoms with van der Waals surface area (Å²) in [4.78, 5) is 12.8. The molecule has 0 saturated carbocycles. The summed E-state index contributed by atoms with van der Waals surface area (Å²) in [6.07, 6.45) is 0.545. The third kappa shape index (κ3) is 3.86. The highest BCUT2D eigenvalue weighted by atomic mass is 32.2. The van der Waals surface area contributed by atoms with Gasteiger partial charge in [-0.2, -0.15) is 4.31 Å².